The van der Waals surface area contributed by atoms with Crippen LogP contribution in [0.25, 0.3) is 0 Å². The Morgan fingerprint density at radius 3 is 3.06 bits per heavy atom. The Kier molecular flexibility index (Phi) is 2.99. The number of nitrogens with one attached hydrogen (secondary N) is 2. The van der Waals surface area contributed by atoms with E-state index in [2.05, 4.69) is 25.9 Å². The van der Waals surface area contributed by atoms with Crippen LogP contribution in [0.4, 0.5) is 5.69 Å². The number of anilines is 1. The van der Waals surface area contributed by atoms with E-state index in [0.29, 0.717) is 17.1 Å². The van der Waals surface area contributed by atoms with Crippen molar-refractivity contribution >= 4 is 11.6 Å². The van der Waals surface area contributed by atoms with Crippen LogP contribution in [0.2, 0.25) is 0 Å². The molecular formula is C10H12N6O. The smallest absolute Gasteiger partial charge is 0.253 e. The van der Waals surface area contributed by atoms with Gasteiger partial charge in [0.15, 0.2) is 5.82 Å². The number of hydrogen-bond acceptors (Lipinski definition) is 5. The molecule has 17 heavy (non-hydrogen) atoms. The Morgan fingerprint density at radius 1 is 1.53 bits per heavy atom. The van der Waals surface area contributed by atoms with E-state index in [9.17, 15) is 4.79 Å². The van der Waals surface area contributed by atoms with E-state index in [1.165, 1.54) is 0 Å². The lowest BCUT2D eigenvalue weighted by molar-refractivity contribution is 0.0950. The van der Waals surface area contributed by atoms with Crippen LogP contribution in [0.1, 0.15) is 21.7 Å². The predicted octanol–water partition coefficient (Wildman–Crippen LogP) is 0.0203. The van der Waals surface area contributed by atoms with Gasteiger partial charge in [-0.25, -0.2) is 0 Å². The molecule has 0 fully saturated rings. The van der Waals surface area contributed by atoms with E-state index >= 15 is 0 Å². The number of carbonyl (C=O) groups excluding carboxylic acids is 1. The number of H-pyrrole nitrogens is 1. The molecular weight excluding hydrogens is 220 g/mol. The van der Waals surface area contributed by atoms with Gasteiger partial charge in [-0.2, -0.15) is 5.21 Å². The largest absolute Gasteiger partial charge is 0.398 e. The number of nitrogens with two attached hydrogens (primary N) is 1. The number of aryl methyl sites for hydroxylation is 1. The molecule has 1 heterocycles. The molecule has 88 valence electrons. The van der Waals surface area contributed by atoms with Gasteiger partial charge >= 0.3 is 0 Å². The molecule has 4 N–H and O–H groups in total. The lowest BCUT2D eigenvalue weighted by Crippen LogP contribution is -2.24. The molecule has 0 aliphatic carbocycles. The molecule has 0 radical (unpaired) electrons. The van der Waals surface area contributed by atoms with Crippen molar-refractivity contribution in [2.75, 3.05) is 5.73 Å². The Balaban J connectivity index is 2.07. The molecule has 2 aromatic rings. The summed E-state index contributed by atoms with van der Waals surface area (Å²) < 4.78 is 0. The number of nitrogen functional groups attached to an aromatic ring is 1. The van der Waals surface area contributed by atoms with Crippen LogP contribution < -0.4 is 11.1 Å². The third-order valence-electron chi connectivity index (χ3n) is 2.25. The minimum Gasteiger partial charge on any atom is -0.398 e. The zero-order chi connectivity index (χ0) is 12.3. The summed E-state index contributed by atoms with van der Waals surface area (Å²) in [6.07, 6.45) is 0. The molecule has 1 amide bonds. The Labute approximate surface area is 97.4 Å². The summed E-state index contributed by atoms with van der Waals surface area (Å²) >= 11 is 0. The monoisotopic (exact) mass is 232 g/mol. The second-order valence-electron chi connectivity index (χ2n) is 3.60. The number of amides is 1. The summed E-state index contributed by atoms with van der Waals surface area (Å²) in [5.41, 5.74) is 7.60. The summed E-state index contributed by atoms with van der Waals surface area (Å²) in [6, 6.07) is 5.30. The molecule has 7 heteroatoms. The lowest BCUT2D eigenvalue weighted by atomic mass is 10.1. The first-order valence-corrected chi connectivity index (χ1v) is 5.03. The van der Waals surface area contributed by atoms with Crippen LogP contribution in [-0.4, -0.2) is 26.5 Å². The standard InChI is InChI=1S/C10H12N6O/c1-6-2-3-8(11)7(4-6)10(17)12-5-9-13-15-16-14-9/h2-4H,5,11H2,1H3,(H,12,17)(H,13,14,15,16). The topological polar surface area (TPSA) is 110 Å². The van der Waals surface area contributed by atoms with Gasteiger partial charge in [0.1, 0.15) is 0 Å². The molecule has 0 atom stereocenters. The summed E-state index contributed by atoms with van der Waals surface area (Å²) in [4.78, 5) is 11.8. The van der Waals surface area contributed by atoms with Crippen molar-refractivity contribution < 1.29 is 4.79 Å². The number of rotatable bonds is 3. The van der Waals surface area contributed by atoms with Gasteiger partial charge in [0.25, 0.3) is 5.91 Å². The summed E-state index contributed by atoms with van der Waals surface area (Å²) in [6.45, 7) is 2.11. The molecule has 0 unspecified atom stereocenters. The molecule has 2 rings (SSSR count). The predicted molar refractivity (Wildman–Crippen MR) is 60.9 cm³/mol. The van der Waals surface area contributed by atoms with E-state index in [-0.39, 0.29) is 12.5 Å². The molecule has 0 spiro atoms. The number of hydrogen-bond donors (Lipinski definition) is 3. The maximum atomic E-state index is 11.8. The van der Waals surface area contributed by atoms with E-state index in [1.807, 2.05) is 13.0 Å². The fraction of sp³-hybridized carbons (Fsp3) is 0.200. The van der Waals surface area contributed by atoms with Gasteiger partial charge in [-0.15, -0.1) is 10.2 Å². The van der Waals surface area contributed by atoms with Crippen LogP contribution in [0, 0.1) is 6.92 Å². The zero-order valence-electron chi connectivity index (χ0n) is 9.27. The first-order valence-electron chi connectivity index (χ1n) is 5.03. The first kappa shape index (κ1) is 11.1. The maximum absolute atomic E-state index is 11.8. The molecule has 0 aliphatic rings. The fourth-order valence-corrected chi connectivity index (χ4v) is 1.38. The number of aromatic nitrogens is 4. The minimum absolute atomic E-state index is 0.211. The SMILES string of the molecule is Cc1ccc(N)c(C(=O)NCc2nn[nH]n2)c1. The number of carbonyl (C=O) groups is 1. The number of nitrogens with zero attached hydrogens (tertiary/aromatic N) is 3. The second kappa shape index (κ2) is 4.60. The lowest BCUT2D eigenvalue weighted by Gasteiger charge is -2.06. The van der Waals surface area contributed by atoms with Crippen LogP contribution >= 0.6 is 0 Å². The highest BCUT2D eigenvalue weighted by molar-refractivity contribution is 5.99. The molecule has 0 aliphatic heterocycles. The van der Waals surface area contributed by atoms with Crippen molar-refractivity contribution in [2.45, 2.75) is 13.5 Å². The zero-order valence-corrected chi connectivity index (χ0v) is 9.27. The highest BCUT2D eigenvalue weighted by atomic mass is 16.1. The second-order valence-corrected chi connectivity index (χ2v) is 3.60. The molecule has 0 bridgehead atoms. The van der Waals surface area contributed by atoms with Crippen molar-refractivity contribution in [3.63, 3.8) is 0 Å². The van der Waals surface area contributed by atoms with Gasteiger partial charge in [-0.1, -0.05) is 16.8 Å². The molecule has 1 aromatic carbocycles. The fourth-order valence-electron chi connectivity index (χ4n) is 1.38. The maximum Gasteiger partial charge on any atom is 0.253 e. The van der Waals surface area contributed by atoms with Crippen molar-refractivity contribution in [2.24, 2.45) is 0 Å². The average molecular weight is 232 g/mol. The van der Waals surface area contributed by atoms with Gasteiger partial charge in [0.2, 0.25) is 0 Å². The van der Waals surface area contributed by atoms with Crippen LogP contribution in [0.5, 0.6) is 0 Å². The van der Waals surface area contributed by atoms with E-state index in [4.69, 9.17) is 5.73 Å². The highest BCUT2D eigenvalue weighted by Crippen LogP contribution is 2.13. The molecule has 0 saturated heterocycles. The third-order valence-corrected chi connectivity index (χ3v) is 2.25. The van der Waals surface area contributed by atoms with Crippen LogP contribution in [0.15, 0.2) is 18.2 Å². The highest BCUT2D eigenvalue weighted by Gasteiger charge is 2.10. The molecule has 1 aromatic heterocycles. The van der Waals surface area contributed by atoms with E-state index < -0.39 is 0 Å². The summed E-state index contributed by atoms with van der Waals surface area (Å²) in [5, 5.41) is 15.8. The van der Waals surface area contributed by atoms with Gasteiger partial charge in [0, 0.05) is 5.69 Å². The van der Waals surface area contributed by atoms with Crippen molar-refractivity contribution in [3.8, 4) is 0 Å². The number of aromatic amines is 1. The third kappa shape index (κ3) is 2.57. The minimum atomic E-state index is -0.254. The summed E-state index contributed by atoms with van der Waals surface area (Å²) in [5.74, 6) is 0.167. The number of tetrazole rings is 1. The Bertz CT molecular complexity index is 522. The molecule has 7 nitrogen and oxygen atoms in total. The van der Waals surface area contributed by atoms with Crippen molar-refractivity contribution in [1.29, 1.82) is 0 Å². The van der Waals surface area contributed by atoms with Gasteiger partial charge in [-0.3, -0.25) is 4.79 Å². The quantitative estimate of drug-likeness (QED) is 0.646. The van der Waals surface area contributed by atoms with E-state index in [1.54, 1.807) is 12.1 Å². The Morgan fingerprint density at radius 2 is 2.35 bits per heavy atom. The number of benzene rings is 1. The average Bonchev–Trinajstić information content (AvgIpc) is 2.82. The van der Waals surface area contributed by atoms with Crippen molar-refractivity contribution in [3.05, 3.63) is 35.2 Å². The van der Waals surface area contributed by atoms with E-state index in [0.717, 1.165) is 5.56 Å². The summed E-state index contributed by atoms with van der Waals surface area (Å²) in [7, 11) is 0. The normalized spacial score (nSPS) is 10.2. The van der Waals surface area contributed by atoms with Gasteiger partial charge in [0.05, 0.1) is 12.1 Å². The van der Waals surface area contributed by atoms with Gasteiger partial charge in [-0.05, 0) is 19.1 Å². The first-order chi connectivity index (χ1) is 8.16. The molecule has 0 saturated carbocycles. The van der Waals surface area contributed by atoms with Gasteiger partial charge < -0.3 is 11.1 Å². The van der Waals surface area contributed by atoms with Crippen molar-refractivity contribution in [1.82, 2.24) is 25.9 Å². The van der Waals surface area contributed by atoms with Crippen LogP contribution in [-0.2, 0) is 6.54 Å². The van der Waals surface area contributed by atoms with Crippen LogP contribution in [0.3, 0.4) is 0 Å². The Hall–Kier alpha value is -2.44.